The topological polar surface area (TPSA) is 444 Å². The summed E-state index contributed by atoms with van der Waals surface area (Å²) in [6.45, 7) is -8.99. The Labute approximate surface area is 273 Å². The lowest BCUT2D eigenvalue weighted by molar-refractivity contribution is -0.143. The molecule has 0 rings (SSSR count). The van der Waals surface area contributed by atoms with E-state index in [0.717, 1.165) is 0 Å². The van der Waals surface area contributed by atoms with E-state index >= 15 is 0 Å². The molecule has 0 aliphatic rings. The van der Waals surface area contributed by atoms with E-state index in [9.17, 15) is 77.7 Å². The summed E-state index contributed by atoms with van der Waals surface area (Å²) >= 11 is 0. The minimum absolute atomic E-state index is 0.191. The average Bonchev–Trinajstić information content (AvgIpc) is 3.02. The first-order valence-electron chi connectivity index (χ1n) is 12.6. The molecule has 11 atom stereocenters. The number of hydrogen-bond acceptors (Lipinski definition) is 22. The van der Waals surface area contributed by atoms with E-state index in [4.69, 9.17) is 20.0 Å². The van der Waals surface area contributed by atoms with Crippen molar-refractivity contribution in [3.8, 4) is 0 Å². The minimum Gasteiger partial charge on any atom is -0.393 e. The molecule has 0 saturated carbocycles. The summed E-state index contributed by atoms with van der Waals surface area (Å²) in [5.74, 6) is -3.57. The van der Waals surface area contributed by atoms with Crippen molar-refractivity contribution in [3.05, 3.63) is 0 Å². The van der Waals surface area contributed by atoms with Gasteiger partial charge in [0.15, 0.2) is 30.2 Å². The summed E-state index contributed by atoms with van der Waals surface area (Å²) in [6, 6.07) is 0. The molecule has 0 aliphatic carbocycles. The molecule has 0 aromatic carbocycles. The molecular weight excluding hydrogens is 772 g/mol. The molecule has 0 aromatic rings. The Bertz CT molecular complexity index is 1270. The molecule has 0 fully saturated rings. The van der Waals surface area contributed by atoms with Crippen molar-refractivity contribution in [1.82, 2.24) is 0 Å². The van der Waals surface area contributed by atoms with E-state index in [2.05, 4.69) is 31.7 Å². The van der Waals surface area contributed by atoms with Crippen molar-refractivity contribution >= 4 is 55.4 Å². The zero-order valence-electron chi connectivity index (χ0n) is 24.3. The highest BCUT2D eigenvalue weighted by molar-refractivity contribution is 7.48. The molecule has 0 spiro atoms. The maximum absolute atomic E-state index is 13.1. The molecule has 288 valence electrons. The summed E-state index contributed by atoms with van der Waals surface area (Å²) in [5.41, 5.74) is 0. The lowest BCUT2D eigenvalue weighted by Gasteiger charge is -2.31. The van der Waals surface area contributed by atoms with Crippen LogP contribution in [0.3, 0.4) is 0 Å². The van der Waals surface area contributed by atoms with Crippen LogP contribution in [0, 0.1) is 0 Å². The van der Waals surface area contributed by atoms with E-state index in [-0.39, 0.29) is 12.6 Å². The van der Waals surface area contributed by atoms with Crippen LogP contribution < -0.4 is 0 Å². The van der Waals surface area contributed by atoms with Crippen LogP contribution in [-0.2, 0) is 69.1 Å². The molecule has 49 heavy (non-hydrogen) atoms. The third kappa shape index (κ3) is 19.3. The second-order valence-electron chi connectivity index (χ2n) is 8.96. The summed E-state index contributed by atoms with van der Waals surface area (Å²) in [4.78, 5) is 94.1. The fourth-order valence-electron chi connectivity index (χ4n) is 2.70. The highest BCUT2D eigenvalue weighted by Crippen LogP contribution is 2.51. The van der Waals surface area contributed by atoms with E-state index in [0.29, 0.717) is 0 Å². The number of carbonyl (C=O) groups excluding carboxylic acids is 4. The molecular formula is C18H34O27P4. The van der Waals surface area contributed by atoms with Crippen molar-refractivity contribution < 1.29 is 129 Å². The lowest BCUT2D eigenvalue weighted by Crippen LogP contribution is -2.48. The maximum Gasteiger partial charge on any atom is 0.473 e. The monoisotopic (exact) mass is 806 g/mol. The first kappa shape index (κ1) is 47.8. The fourth-order valence-corrected chi connectivity index (χ4v) is 5.74. The zero-order valence-corrected chi connectivity index (χ0v) is 27.9. The van der Waals surface area contributed by atoms with Gasteiger partial charge in [-0.3, -0.25) is 41.3 Å². The second kappa shape index (κ2) is 21.4. The summed E-state index contributed by atoms with van der Waals surface area (Å²) in [7, 11) is -22.9. The number of phosphoric acid groups is 4. The van der Waals surface area contributed by atoms with Gasteiger partial charge in [-0.15, -0.1) is 0 Å². The van der Waals surface area contributed by atoms with Gasteiger partial charge in [-0.25, -0.2) is 18.3 Å². The van der Waals surface area contributed by atoms with E-state index in [1.807, 2.05) is 0 Å². The molecule has 4 unspecified atom stereocenters. The first-order chi connectivity index (χ1) is 22.3. The van der Waals surface area contributed by atoms with Gasteiger partial charge in [0, 0.05) is 0 Å². The van der Waals surface area contributed by atoms with Gasteiger partial charge in [0.05, 0.1) is 33.0 Å². The molecule has 0 amide bonds. The first-order valence-corrected chi connectivity index (χ1v) is 18.6. The molecule has 0 heterocycles. The fraction of sp³-hybridized carbons (Fsp3) is 0.778. The Morgan fingerprint density at radius 2 is 1.12 bits per heavy atom. The third-order valence-corrected chi connectivity index (χ3v) is 8.48. The van der Waals surface area contributed by atoms with Crippen LogP contribution in [0.25, 0.3) is 0 Å². The Kier molecular flexibility index (Phi) is 20.9. The van der Waals surface area contributed by atoms with Gasteiger partial charge >= 0.3 is 31.3 Å². The largest absolute Gasteiger partial charge is 0.473 e. The van der Waals surface area contributed by atoms with Crippen molar-refractivity contribution in [2.75, 3.05) is 39.6 Å². The van der Waals surface area contributed by atoms with Gasteiger partial charge in [-0.1, -0.05) is 0 Å². The van der Waals surface area contributed by atoms with Crippen LogP contribution in [-0.4, -0.2) is 173 Å². The van der Waals surface area contributed by atoms with Crippen LogP contribution >= 0.6 is 31.3 Å². The number of carbonyl (C=O) groups is 4. The number of aliphatic hydroxyl groups excluding tert-OH is 7. The Hall–Kier alpha value is -1.16. The summed E-state index contributed by atoms with van der Waals surface area (Å²) < 4.78 is 78.7. The van der Waals surface area contributed by atoms with E-state index < -0.39 is 131 Å². The van der Waals surface area contributed by atoms with E-state index in [1.54, 1.807) is 0 Å². The van der Waals surface area contributed by atoms with Crippen LogP contribution in [0.15, 0.2) is 0 Å². The number of Topliss-reactive ketones (excluding diaryl/α,β-unsaturated/α-hetero) is 2. The van der Waals surface area contributed by atoms with E-state index in [1.165, 1.54) is 0 Å². The number of aliphatic hydroxyl groups is 7. The van der Waals surface area contributed by atoms with Crippen LogP contribution in [0.4, 0.5) is 0 Å². The molecule has 0 saturated heterocycles. The van der Waals surface area contributed by atoms with Gasteiger partial charge in [0.1, 0.15) is 49.3 Å². The number of hydrogen-bond donors (Lipinski definition) is 12. The average molecular weight is 806 g/mol. The summed E-state index contributed by atoms with van der Waals surface area (Å²) in [5, 5.41) is 66.1. The normalized spacial score (nSPS) is 21.0. The SMILES string of the molecule is O=CC(CO)OP(=O)(O)OCC(=O)[C@@H](OP(=O)(O)OC[C@@H](O)C(=O)[C@H](O)CO)[C@H](OP(=O)(O)OC[C@@H](O)[C@@H](O)C=O)[C@H](O)COP(=O)(O)O. The van der Waals surface area contributed by atoms with Crippen LogP contribution in [0.1, 0.15) is 0 Å². The van der Waals surface area contributed by atoms with Gasteiger partial charge in [-0.2, -0.15) is 0 Å². The minimum atomic E-state index is -5.97. The van der Waals surface area contributed by atoms with Gasteiger partial charge in [0.25, 0.3) is 0 Å². The Balaban J connectivity index is 6.68. The van der Waals surface area contributed by atoms with Crippen molar-refractivity contribution in [3.63, 3.8) is 0 Å². The molecule has 0 aliphatic heterocycles. The smallest absolute Gasteiger partial charge is 0.393 e. The Morgan fingerprint density at radius 3 is 1.61 bits per heavy atom. The van der Waals surface area contributed by atoms with Gasteiger partial charge in [-0.05, 0) is 0 Å². The van der Waals surface area contributed by atoms with Crippen molar-refractivity contribution in [1.29, 1.82) is 0 Å². The maximum atomic E-state index is 13.1. The molecule has 0 aromatic heterocycles. The van der Waals surface area contributed by atoms with Crippen LogP contribution in [0.2, 0.25) is 0 Å². The molecule has 0 radical (unpaired) electrons. The van der Waals surface area contributed by atoms with Crippen LogP contribution in [0.5, 0.6) is 0 Å². The predicted octanol–water partition coefficient (Wildman–Crippen LogP) is -6.07. The number of phosphoric ester groups is 4. The predicted molar refractivity (Wildman–Crippen MR) is 146 cm³/mol. The molecule has 0 bridgehead atoms. The molecule has 27 nitrogen and oxygen atoms in total. The highest BCUT2D eigenvalue weighted by atomic mass is 31.2. The number of aldehydes is 2. The van der Waals surface area contributed by atoms with Crippen molar-refractivity contribution in [2.24, 2.45) is 0 Å². The third-order valence-electron chi connectivity index (χ3n) is 5.05. The summed E-state index contributed by atoms with van der Waals surface area (Å²) in [6.07, 6.45) is -20.7. The lowest BCUT2D eigenvalue weighted by atomic mass is 10.1. The number of rotatable bonds is 28. The molecule has 31 heteroatoms. The van der Waals surface area contributed by atoms with Crippen molar-refractivity contribution in [2.45, 2.75) is 48.8 Å². The zero-order chi connectivity index (χ0) is 38.4. The molecule has 12 N–H and O–H groups in total. The second-order valence-corrected chi connectivity index (χ2v) is 14.4. The quantitative estimate of drug-likeness (QED) is 0.0258. The number of ketones is 2. The Morgan fingerprint density at radius 1 is 0.612 bits per heavy atom. The van der Waals surface area contributed by atoms with Gasteiger partial charge < -0.3 is 69.8 Å². The van der Waals surface area contributed by atoms with Gasteiger partial charge in [0.2, 0.25) is 0 Å². The standard InChI is InChI=1S/C18H34O27P4/c19-1-9(2-20)43-47(33,34)42-8-15(28)18(45-49(37,38)41-6-13(26)16(29)11(24)4-22)17(14(27)7-39-46(30,31)32)44-48(35,36)40-5-12(25)10(23)3-21/h1,3,9-14,17-18,20,22-27H,2,4-8H2,(H,33,34)(H,35,36)(H,37,38)(H2,30,31,32)/t9?,10-,11+,12+,13+,14+,17+,18+/m0/s1. The highest BCUT2D eigenvalue weighted by Gasteiger charge is 2.46.